The molecule has 2 aliphatic rings. The van der Waals surface area contributed by atoms with Gasteiger partial charge in [-0.3, -0.25) is 9.59 Å². The zero-order chi connectivity index (χ0) is 22.7. The van der Waals surface area contributed by atoms with E-state index in [-0.39, 0.29) is 31.4 Å². The SMILES string of the molecule is CC(CC(=O)NCC1(C(=O)O)CCC1)NC(=O)OCC1c2ccccc2-c2ccccc21. The summed E-state index contributed by atoms with van der Waals surface area (Å²) in [6.45, 7) is 2.05. The van der Waals surface area contributed by atoms with E-state index in [2.05, 4.69) is 34.9 Å². The Hall–Kier alpha value is -3.35. The third kappa shape index (κ3) is 4.33. The minimum absolute atomic E-state index is 0.0264. The molecule has 2 aromatic rings. The van der Waals surface area contributed by atoms with Crippen molar-refractivity contribution in [2.45, 2.75) is 44.6 Å². The number of hydrogen-bond donors (Lipinski definition) is 3. The van der Waals surface area contributed by atoms with E-state index in [9.17, 15) is 19.5 Å². The van der Waals surface area contributed by atoms with Gasteiger partial charge >= 0.3 is 12.1 Å². The lowest BCUT2D eigenvalue weighted by Crippen LogP contribution is -2.48. The van der Waals surface area contributed by atoms with Crippen LogP contribution >= 0.6 is 0 Å². The molecule has 0 aliphatic heterocycles. The molecule has 7 nitrogen and oxygen atoms in total. The Kier molecular flexibility index (Phi) is 6.17. The Morgan fingerprint density at radius 2 is 1.66 bits per heavy atom. The molecule has 1 unspecified atom stereocenters. The predicted octanol–water partition coefficient (Wildman–Crippen LogP) is 3.67. The molecule has 2 aromatic carbocycles. The number of carboxylic acids is 1. The van der Waals surface area contributed by atoms with Crippen molar-refractivity contribution in [3.05, 3.63) is 59.7 Å². The van der Waals surface area contributed by atoms with E-state index in [1.54, 1.807) is 6.92 Å². The number of carboxylic acid groups (broad SMARTS) is 1. The van der Waals surface area contributed by atoms with Crippen molar-refractivity contribution in [3.8, 4) is 11.1 Å². The maximum atomic E-state index is 12.3. The van der Waals surface area contributed by atoms with Crippen LogP contribution in [0, 0.1) is 5.41 Å². The molecule has 2 aliphatic carbocycles. The predicted molar refractivity (Wildman–Crippen MR) is 119 cm³/mol. The highest BCUT2D eigenvalue weighted by molar-refractivity contribution is 5.81. The normalized spacial score (nSPS) is 16.8. The number of rotatable bonds is 8. The lowest BCUT2D eigenvalue weighted by molar-refractivity contribution is -0.154. The molecule has 7 heteroatoms. The van der Waals surface area contributed by atoms with Crippen molar-refractivity contribution < 1.29 is 24.2 Å². The summed E-state index contributed by atoms with van der Waals surface area (Å²) in [7, 11) is 0. The van der Waals surface area contributed by atoms with Crippen LogP contribution in [0.4, 0.5) is 4.79 Å². The van der Waals surface area contributed by atoms with Crippen molar-refractivity contribution in [1.82, 2.24) is 10.6 Å². The number of fused-ring (bicyclic) bond motifs is 3. The second-order valence-corrected chi connectivity index (χ2v) is 8.79. The Morgan fingerprint density at radius 1 is 1.06 bits per heavy atom. The van der Waals surface area contributed by atoms with Crippen molar-refractivity contribution in [1.29, 1.82) is 0 Å². The third-order valence-electron chi connectivity index (χ3n) is 6.59. The Labute approximate surface area is 187 Å². The van der Waals surface area contributed by atoms with Crippen LogP contribution in [0.3, 0.4) is 0 Å². The number of aliphatic carboxylic acids is 1. The Morgan fingerprint density at radius 3 is 2.19 bits per heavy atom. The molecule has 0 bridgehead atoms. The number of carbonyl (C=O) groups excluding carboxylic acids is 2. The van der Waals surface area contributed by atoms with E-state index >= 15 is 0 Å². The van der Waals surface area contributed by atoms with Crippen LogP contribution in [0.1, 0.15) is 49.7 Å². The minimum atomic E-state index is -0.867. The van der Waals surface area contributed by atoms with Crippen LogP contribution in [0.2, 0.25) is 0 Å². The average molecular weight is 437 g/mol. The van der Waals surface area contributed by atoms with Gasteiger partial charge in [0.15, 0.2) is 0 Å². The summed E-state index contributed by atoms with van der Waals surface area (Å²) in [5, 5.41) is 14.7. The molecular weight excluding hydrogens is 408 g/mol. The lowest BCUT2D eigenvalue weighted by Gasteiger charge is -2.37. The minimum Gasteiger partial charge on any atom is -0.481 e. The van der Waals surface area contributed by atoms with Crippen LogP contribution < -0.4 is 10.6 Å². The first kappa shape index (κ1) is 21.9. The van der Waals surface area contributed by atoms with Crippen LogP contribution in [0.25, 0.3) is 11.1 Å². The van der Waals surface area contributed by atoms with Crippen LogP contribution in [0.15, 0.2) is 48.5 Å². The fraction of sp³-hybridized carbons (Fsp3) is 0.400. The molecule has 32 heavy (non-hydrogen) atoms. The summed E-state index contributed by atoms with van der Waals surface area (Å²) in [6, 6.07) is 15.8. The van der Waals surface area contributed by atoms with E-state index in [0.29, 0.717) is 12.8 Å². The number of benzene rings is 2. The highest BCUT2D eigenvalue weighted by Crippen LogP contribution is 2.44. The molecule has 1 atom stereocenters. The molecule has 1 saturated carbocycles. The summed E-state index contributed by atoms with van der Waals surface area (Å²) in [4.78, 5) is 35.9. The van der Waals surface area contributed by atoms with E-state index in [1.165, 1.54) is 0 Å². The second kappa shape index (κ2) is 9.02. The number of hydrogen-bond acceptors (Lipinski definition) is 4. The monoisotopic (exact) mass is 436 g/mol. The molecule has 1 fully saturated rings. The first-order chi connectivity index (χ1) is 15.4. The van der Waals surface area contributed by atoms with E-state index in [1.807, 2.05) is 24.3 Å². The standard InChI is InChI=1S/C25H28N2O5/c1-16(13-22(28)26-15-25(23(29)30)11-6-12-25)27-24(31)32-14-21-19-9-4-2-7-17(19)18-8-3-5-10-20(18)21/h2-5,7-10,16,21H,6,11-15H2,1H3,(H,26,28)(H,27,31)(H,29,30). The molecule has 168 valence electrons. The van der Waals surface area contributed by atoms with E-state index in [4.69, 9.17) is 4.74 Å². The van der Waals surface area contributed by atoms with Gasteiger partial charge in [-0.05, 0) is 42.0 Å². The summed E-state index contributed by atoms with van der Waals surface area (Å²) in [5.74, 6) is -1.18. The first-order valence-corrected chi connectivity index (χ1v) is 11.0. The maximum Gasteiger partial charge on any atom is 0.407 e. The topological polar surface area (TPSA) is 105 Å². The van der Waals surface area contributed by atoms with Crippen molar-refractivity contribution >= 4 is 18.0 Å². The van der Waals surface area contributed by atoms with Crippen molar-refractivity contribution in [2.75, 3.05) is 13.2 Å². The summed E-state index contributed by atoms with van der Waals surface area (Å²) < 4.78 is 5.50. The molecule has 4 rings (SSSR count). The number of amides is 2. The van der Waals surface area contributed by atoms with E-state index in [0.717, 1.165) is 28.7 Å². The molecule has 0 radical (unpaired) electrons. The summed E-state index contributed by atoms with van der Waals surface area (Å²) in [6.07, 6.45) is 1.50. The van der Waals surface area contributed by atoms with Gasteiger partial charge in [0, 0.05) is 24.9 Å². The first-order valence-electron chi connectivity index (χ1n) is 11.0. The lowest BCUT2D eigenvalue weighted by atomic mass is 9.69. The van der Waals surface area contributed by atoms with Gasteiger partial charge in [0.05, 0.1) is 5.41 Å². The fourth-order valence-electron chi connectivity index (χ4n) is 4.58. The highest BCUT2D eigenvalue weighted by Gasteiger charge is 2.44. The van der Waals surface area contributed by atoms with Crippen LogP contribution in [-0.2, 0) is 14.3 Å². The maximum absolute atomic E-state index is 12.3. The van der Waals surface area contributed by atoms with E-state index < -0.39 is 23.5 Å². The summed E-state index contributed by atoms with van der Waals surface area (Å²) >= 11 is 0. The molecule has 0 saturated heterocycles. The second-order valence-electron chi connectivity index (χ2n) is 8.79. The number of carbonyl (C=O) groups is 3. The third-order valence-corrected chi connectivity index (χ3v) is 6.59. The van der Waals surface area contributed by atoms with Crippen molar-refractivity contribution in [3.63, 3.8) is 0 Å². The molecule has 0 aromatic heterocycles. The molecule has 0 heterocycles. The molecule has 0 spiro atoms. The van der Waals surface area contributed by atoms with Gasteiger partial charge in [0.2, 0.25) is 5.91 Å². The summed E-state index contributed by atoms with van der Waals surface area (Å²) in [5.41, 5.74) is 3.76. The van der Waals surface area contributed by atoms with Crippen LogP contribution in [0.5, 0.6) is 0 Å². The van der Waals surface area contributed by atoms with Gasteiger partial charge in [-0.25, -0.2) is 4.79 Å². The zero-order valence-corrected chi connectivity index (χ0v) is 18.1. The van der Waals surface area contributed by atoms with Gasteiger partial charge in [0.25, 0.3) is 0 Å². The molecule has 2 amide bonds. The fourth-order valence-corrected chi connectivity index (χ4v) is 4.58. The van der Waals surface area contributed by atoms with Gasteiger partial charge < -0.3 is 20.5 Å². The van der Waals surface area contributed by atoms with Gasteiger partial charge in [-0.15, -0.1) is 0 Å². The Bertz CT molecular complexity index is 985. The van der Waals surface area contributed by atoms with Gasteiger partial charge in [-0.1, -0.05) is 55.0 Å². The smallest absolute Gasteiger partial charge is 0.407 e. The highest BCUT2D eigenvalue weighted by atomic mass is 16.5. The Balaban J connectivity index is 1.26. The molecular formula is C25H28N2O5. The number of nitrogens with one attached hydrogen (secondary N) is 2. The zero-order valence-electron chi connectivity index (χ0n) is 18.1. The quantitative estimate of drug-likeness (QED) is 0.586. The van der Waals surface area contributed by atoms with Crippen molar-refractivity contribution in [2.24, 2.45) is 5.41 Å². The number of alkyl carbamates (subject to hydrolysis) is 1. The number of ether oxygens (including phenoxy) is 1. The average Bonchev–Trinajstić information content (AvgIpc) is 3.05. The van der Waals surface area contributed by atoms with Gasteiger partial charge in [0.1, 0.15) is 6.61 Å². The van der Waals surface area contributed by atoms with Crippen LogP contribution in [-0.4, -0.2) is 42.3 Å². The molecule has 3 N–H and O–H groups in total. The largest absolute Gasteiger partial charge is 0.481 e. The van der Waals surface area contributed by atoms with Gasteiger partial charge in [-0.2, -0.15) is 0 Å².